The summed E-state index contributed by atoms with van der Waals surface area (Å²) in [4.78, 5) is 17.1. The highest BCUT2D eigenvalue weighted by molar-refractivity contribution is 6.20. The van der Waals surface area contributed by atoms with Crippen molar-refractivity contribution in [2.24, 2.45) is 0 Å². The van der Waals surface area contributed by atoms with Crippen LogP contribution in [0.25, 0.3) is 22.2 Å². The third kappa shape index (κ3) is 2.34. The number of aryl methyl sites for hydroxylation is 1. The van der Waals surface area contributed by atoms with E-state index >= 15 is 0 Å². The van der Waals surface area contributed by atoms with Gasteiger partial charge >= 0.3 is 0 Å². The lowest BCUT2D eigenvalue weighted by Gasteiger charge is -2.33. The van der Waals surface area contributed by atoms with Gasteiger partial charge in [-0.05, 0) is 47.9 Å². The molecule has 4 nitrogen and oxygen atoms in total. The summed E-state index contributed by atoms with van der Waals surface area (Å²) in [5.41, 5.74) is 8.07. The Morgan fingerprint density at radius 2 is 1.97 bits per heavy atom. The molecular weight excluding hydrogens is 358 g/mol. The van der Waals surface area contributed by atoms with E-state index in [0.717, 1.165) is 62.1 Å². The topological polar surface area (TPSA) is 61.5 Å². The van der Waals surface area contributed by atoms with Crippen molar-refractivity contribution in [2.45, 2.75) is 32.6 Å². The summed E-state index contributed by atoms with van der Waals surface area (Å²) in [6, 6.07) is 12.0. The van der Waals surface area contributed by atoms with Gasteiger partial charge in [0.05, 0.1) is 11.3 Å². The molecule has 142 valence electrons. The molecule has 2 heterocycles. The fourth-order valence-corrected chi connectivity index (χ4v) is 4.56. The van der Waals surface area contributed by atoms with E-state index in [0.29, 0.717) is 0 Å². The second kappa shape index (κ2) is 5.96. The van der Waals surface area contributed by atoms with Gasteiger partial charge < -0.3 is 4.98 Å². The van der Waals surface area contributed by atoms with Gasteiger partial charge in [-0.15, -0.1) is 6.42 Å². The molecule has 0 saturated carbocycles. The Labute approximate surface area is 169 Å². The number of terminal acetylenes is 1. The summed E-state index contributed by atoms with van der Waals surface area (Å²) in [5, 5.41) is 8.10. The van der Waals surface area contributed by atoms with E-state index in [-0.39, 0.29) is 11.2 Å². The Kier molecular flexibility index (Phi) is 3.60. The van der Waals surface area contributed by atoms with Crippen LogP contribution >= 0.6 is 0 Å². The largest absolute Gasteiger partial charge is 0.357 e. The summed E-state index contributed by atoms with van der Waals surface area (Å²) in [6.45, 7) is 6.44. The van der Waals surface area contributed by atoms with Crippen molar-refractivity contribution < 1.29 is 4.79 Å². The molecule has 1 aliphatic carbocycles. The van der Waals surface area contributed by atoms with Crippen molar-refractivity contribution in [3.63, 3.8) is 0 Å². The van der Waals surface area contributed by atoms with Crippen LogP contribution in [0.15, 0.2) is 42.6 Å². The van der Waals surface area contributed by atoms with E-state index in [4.69, 9.17) is 6.42 Å². The molecule has 0 bridgehead atoms. The molecule has 0 aliphatic heterocycles. The zero-order valence-electron chi connectivity index (χ0n) is 16.7. The number of benzene rings is 2. The highest BCUT2D eigenvalue weighted by Gasteiger charge is 2.40. The van der Waals surface area contributed by atoms with Crippen molar-refractivity contribution in [2.75, 3.05) is 0 Å². The summed E-state index contributed by atoms with van der Waals surface area (Å²) in [5.74, 6) is 2.74. The molecule has 2 aromatic carbocycles. The molecule has 1 aliphatic rings. The van der Waals surface area contributed by atoms with Crippen LogP contribution in [-0.2, 0) is 11.8 Å². The minimum atomic E-state index is -0.352. The molecule has 0 unspecified atom stereocenters. The van der Waals surface area contributed by atoms with Gasteiger partial charge in [0.2, 0.25) is 0 Å². The minimum Gasteiger partial charge on any atom is -0.357 e. The van der Waals surface area contributed by atoms with Crippen molar-refractivity contribution in [3.05, 3.63) is 76.1 Å². The van der Waals surface area contributed by atoms with Crippen molar-refractivity contribution in [3.8, 4) is 23.6 Å². The highest BCUT2D eigenvalue weighted by atomic mass is 16.1. The van der Waals surface area contributed by atoms with Crippen LogP contribution in [-0.4, -0.2) is 21.0 Å². The van der Waals surface area contributed by atoms with Gasteiger partial charge in [-0.25, -0.2) is 0 Å². The van der Waals surface area contributed by atoms with Crippen molar-refractivity contribution in [1.82, 2.24) is 15.2 Å². The molecule has 29 heavy (non-hydrogen) atoms. The number of rotatable bonds is 2. The van der Waals surface area contributed by atoms with Gasteiger partial charge in [0.15, 0.2) is 5.78 Å². The second-order valence-corrected chi connectivity index (χ2v) is 8.11. The quantitative estimate of drug-likeness (QED) is 0.483. The van der Waals surface area contributed by atoms with Crippen LogP contribution in [0.3, 0.4) is 0 Å². The molecule has 5 rings (SSSR count). The molecule has 0 radical (unpaired) electrons. The van der Waals surface area contributed by atoms with Crippen LogP contribution in [0.4, 0.5) is 0 Å². The fraction of sp³-hybridized carbons (Fsp3) is 0.200. The number of nitrogens with zero attached hydrogens (tertiary/aromatic N) is 1. The first-order valence-electron chi connectivity index (χ1n) is 9.80. The van der Waals surface area contributed by atoms with Gasteiger partial charge in [-0.3, -0.25) is 9.89 Å². The maximum atomic E-state index is 13.6. The first-order valence-corrected chi connectivity index (χ1v) is 9.80. The summed E-state index contributed by atoms with van der Waals surface area (Å²) < 4.78 is 0. The maximum absolute atomic E-state index is 13.6. The third-order valence-corrected chi connectivity index (χ3v) is 6.15. The first-order chi connectivity index (χ1) is 14.0. The molecule has 2 N–H and O–H groups in total. The summed E-state index contributed by atoms with van der Waals surface area (Å²) in [7, 11) is 0. The molecule has 0 atom stereocenters. The van der Waals surface area contributed by atoms with Gasteiger partial charge in [-0.2, -0.15) is 5.10 Å². The summed E-state index contributed by atoms with van der Waals surface area (Å²) in [6.07, 6.45) is 8.16. The average Bonchev–Trinajstić information content (AvgIpc) is 3.39. The molecule has 0 amide bonds. The lowest BCUT2D eigenvalue weighted by atomic mass is 9.70. The molecule has 0 spiro atoms. The van der Waals surface area contributed by atoms with Crippen LogP contribution in [0.2, 0.25) is 0 Å². The Morgan fingerprint density at radius 1 is 1.14 bits per heavy atom. The Hall–Kier alpha value is -3.58. The zero-order valence-corrected chi connectivity index (χ0v) is 16.7. The van der Waals surface area contributed by atoms with Crippen LogP contribution < -0.4 is 0 Å². The van der Waals surface area contributed by atoms with Crippen LogP contribution in [0.5, 0.6) is 0 Å². The predicted molar refractivity (Wildman–Crippen MR) is 115 cm³/mol. The zero-order chi connectivity index (χ0) is 20.3. The van der Waals surface area contributed by atoms with Crippen molar-refractivity contribution in [1.29, 1.82) is 0 Å². The number of nitrogens with one attached hydrogen (secondary N) is 2. The maximum Gasteiger partial charge on any atom is 0.195 e. The van der Waals surface area contributed by atoms with E-state index in [1.807, 2.05) is 24.3 Å². The number of carbonyl (C=O) groups excluding carboxylic acids is 1. The smallest absolute Gasteiger partial charge is 0.195 e. The van der Waals surface area contributed by atoms with Gasteiger partial charge in [0.1, 0.15) is 0 Å². The highest BCUT2D eigenvalue weighted by Crippen LogP contribution is 2.45. The number of aromatic amines is 2. The normalized spacial score (nSPS) is 14.5. The molecule has 0 fully saturated rings. The lowest BCUT2D eigenvalue weighted by molar-refractivity contribution is 0.103. The van der Waals surface area contributed by atoms with Crippen LogP contribution in [0, 0.1) is 12.3 Å². The number of hydrogen-bond donors (Lipinski definition) is 2. The lowest BCUT2D eigenvalue weighted by Crippen LogP contribution is -2.30. The number of aromatic nitrogens is 3. The predicted octanol–water partition coefficient (Wildman–Crippen LogP) is 4.97. The first kappa shape index (κ1) is 17.5. The Morgan fingerprint density at radius 3 is 2.66 bits per heavy atom. The fourth-order valence-electron chi connectivity index (χ4n) is 4.56. The molecule has 4 heteroatoms. The Bertz CT molecular complexity index is 1330. The number of carbonyl (C=O) groups is 1. The molecular formula is C25H21N3O. The summed E-state index contributed by atoms with van der Waals surface area (Å²) >= 11 is 0. The minimum absolute atomic E-state index is 0.0693. The second-order valence-electron chi connectivity index (χ2n) is 8.11. The number of ketones is 1. The van der Waals surface area contributed by atoms with E-state index < -0.39 is 0 Å². The number of fused-ring (bicyclic) bond motifs is 4. The standard InChI is InChI=1S/C25H21N3O/c1-5-14-7-8-16-21(11-14)27-24-22(16)23(29)18-12-15(6-2)17(20-9-10-26-28-20)13-19(18)25(24,3)4/h1,7-13,27H,6H2,2-4H3,(H,26,28). The van der Waals surface area contributed by atoms with E-state index in [1.54, 1.807) is 6.20 Å². The average molecular weight is 379 g/mol. The van der Waals surface area contributed by atoms with Gasteiger partial charge in [0, 0.05) is 44.9 Å². The van der Waals surface area contributed by atoms with E-state index in [1.165, 1.54) is 0 Å². The van der Waals surface area contributed by atoms with Crippen molar-refractivity contribution >= 4 is 16.7 Å². The molecule has 4 aromatic rings. The Balaban J connectivity index is 1.81. The SMILES string of the molecule is C#Cc1ccc2c3c([nH]c2c1)C(C)(C)c1cc(-c2ccn[nH]2)c(CC)cc1C3=O. The van der Waals surface area contributed by atoms with Crippen LogP contribution in [0.1, 0.15) is 59.1 Å². The molecule has 0 saturated heterocycles. The number of H-pyrrole nitrogens is 2. The third-order valence-electron chi connectivity index (χ3n) is 6.15. The molecule has 2 aromatic heterocycles. The van der Waals surface area contributed by atoms with E-state index in [2.05, 4.69) is 54.0 Å². The van der Waals surface area contributed by atoms with Gasteiger partial charge in [0.25, 0.3) is 0 Å². The van der Waals surface area contributed by atoms with E-state index in [9.17, 15) is 4.79 Å². The number of hydrogen-bond acceptors (Lipinski definition) is 2. The monoisotopic (exact) mass is 379 g/mol. The van der Waals surface area contributed by atoms with Gasteiger partial charge in [-0.1, -0.05) is 32.8 Å².